The Labute approximate surface area is 214 Å². The van der Waals surface area contributed by atoms with E-state index in [0.717, 1.165) is 42.4 Å². The fourth-order valence-corrected chi connectivity index (χ4v) is 4.69. The Hall–Kier alpha value is -4.65. The second-order valence-electron chi connectivity index (χ2n) is 9.06. The number of carbonyl (C=O) groups excluding carboxylic acids is 1. The van der Waals surface area contributed by atoms with Crippen molar-refractivity contribution in [1.29, 1.82) is 0 Å². The van der Waals surface area contributed by atoms with Crippen molar-refractivity contribution in [3.05, 3.63) is 107 Å². The largest absolute Gasteiger partial charge is 0.478 e. The summed E-state index contributed by atoms with van der Waals surface area (Å²) in [6, 6.07) is 24.0. The summed E-state index contributed by atoms with van der Waals surface area (Å²) >= 11 is 0. The van der Waals surface area contributed by atoms with Gasteiger partial charge >= 0.3 is 12.0 Å². The molecule has 7 heteroatoms. The number of nitrogens with one attached hydrogen (secondary N) is 2. The number of rotatable bonds is 5. The Morgan fingerprint density at radius 2 is 1.68 bits per heavy atom. The van der Waals surface area contributed by atoms with Crippen molar-refractivity contribution >= 4 is 34.7 Å². The number of aromatic carboxylic acids is 1. The van der Waals surface area contributed by atoms with Crippen molar-refractivity contribution in [2.24, 2.45) is 0 Å². The van der Waals surface area contributed by atoms with E-state index >= 15 is 0 Å². The molecule has 3 N–H and O–H groups in total. The third-order valence-electron chi connectivity index (χ3n) is 6.48. The van der Waals surface area contributed by atoms with Crippen LogP contribution in [-0.4, -0.2) is 23.7 Å². The van der Waals surface area contributed by atoms with Crippen molar-refractivity contribution in [2.75, 3.05) is 22.1 Å². The molecule has 37 heavy (non-hydrogen) atoms. The quantitative estimate of drug-likeness (QED) is 0.273. The molecule has 4 aromatic rings. The first-order valence-corrected chi connectivity index (χ1v) is 12.1. The first-order chi connectivity index (χ1) is 17.9. The third kappa shape index (κ3) is 5.16. The lowest BCUT2D eigenvalue weighted by Gasteiger charge is -2.33. The summed E-state index contributed by atoms with van der Waals surface area (Å²) in [4.78, 5) is 27.0. The van der Waals surface area contributed by atoms with Crippen LogP contribution in [0.5, 0.6) is 0 Å². The number of fused-ring (bicyclic) bond motifs is 1. The van der Waals surface area contributed by atoms with Gasteiger partial charge in [0.2, 0.25) is 0 Å². The lowest BCUT2D eigenvalue weighted by Crippen LogP contribution is -2.27. The van der Waals surface area contributed by atoms with E-state index in [0.29, 0.717) is 16.9 Å². The zero-order valence-corrected chi connectivity index (χ0v) is 20.3. The van der Waals surface area contributed by atoms with Crippen molar-refractivity contribution in [3.8, 4) is 11.1 Å². The maximum atomic E-state index is 14.1. The van der Waals surface area contributed by atoms with Gasteiger partial charge in [-0.15, -0.1) is 0 Å². The van der Waals surface area contributed by atoms with Gasteiger partial charge in [0.15, 0.2) is 0 Å². The minimum atomic E-state index is -1.16. The predicted molar refractivity (Wildman–Crippen MR) is 144 cm³/mol. The molecule has 2 amide bonds. The zero-order chi connectivity index (χ0) is 25.9. The fourth-order valence-electron chi connectivity index (χ4n) is 4.69. The molecule has 0 spiro atoms. The summed E-state index contributed by atoms with van der Waals surface area (Å²) in [6.07, 6.45) is 1.91. The summed E-state index contributed by atoms with van der Waals surface area (Å²) in [5.74, 6) is -1.70. The molecule has 1 aliphatic rings. The number of nitrogens with zero attached hydrogens (tertiary/aromatic N) is 1. The van der Waals surface area contributed by atoms with E-state index in [1.807, 2.05) is 55.5 Å². The summed E-state index contributed by atoms with van der Waals surface area (Å²) in [6.45, 7) is 2.72. The zero-order valence-electron chi connectivity index (χ0n) is 20.3. The van der Waals surface area contributed by atoms with E-state index in [-0.39, 0.29) is 11.1 Å². The van der Waals surface area contributed by atoms with E-state index in [4.69, 9.17) is 0 Å². The first kappa shape index (κ1) is 24.1. The van der Waals surface area contributed by atoms with E-state index in [1.54, 1.807) is 12.1 Å². The number of benzene rings is 4. The van der Waals surface area contributed by atoms with Crippen molar-refractivity contribution in [3.63, 3.8) is 0 Å². The maximum absolute atomic E-state index is 14.1. The Balaban J connectivity index is 1.57. The highest BCUT2D eigenvalue weighted by Crippen LogP contribution is 2.40. The average molecular weight is 496 g/mol. The number of amides is 2. The van der Waals surface area contributed by atoms with Crippen molar-refractivity contribution < 1.29 is 19.1 Å². The third-order valence-corrected chi connectivity index (χ3v) is 6.48. The lowest BCUT2D eigenvalue weighted by atomic mass is 9.97. The number of carboxylic acid groups (broad SMARTS) is 1. The summed E-state index contributed by atoms with van der Waals surface area (Å²) in [5.41, 5.74) is 5.94. The van der Waals surface area contributed by atoms with Crippen LogP contribution in [0, 0.1) is 12.7 Å². The highest BCUT2D eigenvalue weighted by Gasteiger charge is 2.22. The van der Waals surface area contributed by atoms with Gasteiger partial charge in [0.25, 0.3) is 0 Å². The average Bonchev–Trinajstić information content (AvgIpc) is 2.89. The Kier molecular flexibility index (Phi) is 6.60. The number of para-hydroxylation sites is 1. The highest BCUT2D eigenvalue weighted by molar-refractivity contribution is 6.04. The van der Waals surface area contributed by atoms with Gasteiger partial charge in [-0.05, 0) is 85.0 Å². The SMILES string of the molecule is Cc1ccc(NC(=O)Nc2cc(-c3cc(F)ccc3C(=O)O)ccc2N2CCCc3ccccc32)cc1. The molecule has 1 heterocycles. The molecule has 0 saturated carbocycles. The van der Waals surface area contributed by atoms with Gasteiger partial charge in [0.1, 0.15) is 5.82 Å². The van der Waals surface area contributed by atoms with Crippen LogP contribution in [0.2, 0.25) is 0 Å². The number of carbonyl (C=O) groups is 2. The van der Waals surface area contributed by atoms with Crippen LogP contribution in [-0.2, 0) is 6.42 Å². The number of urea groups is 1. The van der Waals surface area contributed by atoms with Crippen LogP contribution < -0.4 is 15.5 Å². The van der Waals surface area contributed by atoms with Gasteiger partial charge in [-0.2, -0.15) is 0 Å². The Morgan fingerprint density at radius 1 is 0.892 bits per heavy atom. The Bertz CT molecular complexity index is 1480. The summed E-state index contributed by atoms with van der Waals surface area (Å²) < 4.78 is 14.1. The van der Waals surface area contributed by atoms with Crippen molar-refractivity contribution in [2.45, 2.75) is 19.8 Å². The number of aryl methyl sites for hydroxylation is 2. The maximum Gasteiger partial charge on any atom is 0.336 e. The number of carboxylic acids is 1. The molecule has 4 aromatic carbocycles. The molecule has 0 aliphatic carbocycles. The number of hydrogen-bond donors (Lipinski definition) is 3. The molecule has 0 atom stereocenters. The van der Waals surface area contributed by atoms with Crippen LogP contribution in [0.4, 0.5) is 31.9 Å². The summed E-state index contributed by atoms with van der Waals surface area (Å²) in [5, 5.41) is 15.5. The highest BCUT2D eigenvalue weighted by atomic mass is 19.1. The van der Waals surface area contributed by atoms with E-state index in [2.05, 4.69) is 21.6 Å². The molecular weight excluding hydrogens is 469 g/mol. The molecule has 0 unspecified atom stereocenters. The number of halogens is 1. The number of hydrogen-bond acceptors (Lipinski definition) is 3. The first-order valence-electron chi connectivity index (χ1n) is 12.1. The lowest BCUT2D eigenvalue weighted by molar-refractivity contribution is 0.0697. The van der Waals surface area contributed by atoms with Gasteiger partial charge in [-0.25, -0.2) is 14.0 Å². The fraction of sp³-hybridized carbons (Fsp3) is 0.133. The Morgan fingerprint density at radius 3 is 2.46 bits per heavy atom. The second kappa shape index (κ2) is 10.1. The van der Waals surface area contributed by atoms with E-state index in [1.165, 1.54) is 17.7 Å². The molecule has 0 saturated heterocycles. The second-order valence-corrected chi connectivity index (χ2v) is 9.06. The minimum absolute atomic E-state index is 0.0208. The molecule has 0 radical (unpaired) electrons. The van der Waals surface area contributed by atoms with Gasteiger partial charge in [-0.3, -0.25) is 0 Å². The van der Waals surface area contributed by atoms with Crippen molar-refractivity contribution in [1.82, 2.24) is 0 Å². The van der Waals surface area contributed by atoms with Crippen LogP contribution >= 0.6 is 0 Å². The number of anilines is 4. The standard InChI is InChI=1S/C30H26FN3O3/c1-19-8-12-23(13-9-19)32-30(37)33-26-17-21(25-18-22(31)11-14-24(25)29(35)36)10-15-28(26)34-16-4-6-20-5-2-3-7-27(20)34/h2-3,5,7-15,17-18H,4,6,16H2,1H3,(H,35,36)(H2,32,33,37). The van der Waals surface area contributed by atoms with E-state index in [9.17, 15) is 19.1 Å². The van der Waals surface area contributed by atoms with Crippen LogP contribution in [0.3, 0.4) is 0 Å². The van der Waals surface area contributed by atoms with Gasteiger partial charge in [-0.1, -0.05) is 42.0 Å². The molecule has 186 valence electrons. The molecule has 0 aromatic heterocycles. The molecule has 1 aliphatic heterocycles. The van der Waals surface area contributed by atoms with Crippen LogP contribution in [0.15, 0.2) is 84.9 Å². The molecule has 0 bridgehead atoms. The van der Waals surface area contributed by atoms with Gasteiger partial charge in [0, 0.05) is 17.9 Å². The summed E-state index contributed by atoms with van der Waals surface area (Å²) in [7, 11) is 0. The molecule has 6 nitrogen and oxygen atoms in total. The smallest absolute Gasteiger partial charge is 0.336 e. The van der Waals surface area contributed by atoms with Gasteiger partial charge < -0.3 is 20.6 Å². The molecular formula is C30H26FN3O3. The van der Waals surface area contributed by atoms with E-state index < -0.39 is 17.8 Å². The topological polar surface area (TPSA) is 81.7 Å². The molecule has 5 rings (SSSR count). The van der Waals surface area contributed by atoms with Crippen LogP contribution in [0.25, 0.3) is 11.1 Å². The predicted octanol–water partition coefficient (Wildman–Crippen LogP) is 7.23. The normalized spacial score (nSPS) is 12.5. The van der Waals surface area contributed by atoms with Gasteiger partial charge in [0.05, 0.1) is 16.9 Å². The monoisotopic (exact) mass is 495 g/mol. The minimum Gasteiger partial charge on any atom is -0.478 e. The van der Waals surface area contributed by atoms with Crippen LogP contribution in [0.1, 0.15) is 27.9 Å². The molecule has 0 fully saturated rings.